The number of carbonyl (C=O) groups is 1. The molecule has 1 N–H and O–H groups in total. The highest BCUT2D eigenvalue weighted by atomic mass is 16.5. The SMILES string of the molecule is C=CCn1c(=O)oc2ccc(C(=O)Nc3ccccc3OC)cc21. The van der Waals surface area contributed by atoms with E-state index in [1.165, 1.54) is 11.7 Å². The molecule has 1 amide bonds. The molecule has 2 aromatic carbocycles. The molecular formula is C18H16N2O4. The molecule has 24 heavy (non-hydrogen) atoms. The zero-order valence-corrected chi connectivity index (χ0v) is 13.1. The molecule has 0 spiro atoms. The molecule has 0 radical (unpaired) electrons. The average Bonchev–Trinajstić information content (AvgIpc) is 2.90. The second-order valence-corrected chi connectivity index (χ2v) is 5.10. The van der Waals surface area contributed by atoms with Gasteiger partial charge in [-0.1, -0.05) is 18.2 Å². The number of oxazole rings is 1. The summed E-state index contributed by atoms with van der Waals surface area (Å²) < 4.78 is 11.8. The van der Waals surface area contributed by atoms with E-state index in [1.54, 1.807) is 42.5 Å². The maximum Gasteiger partial charge on any atom is 0.420 e. The lowest BCUT2D eigenvalue weighted by atomic mass is 10.2. The zero-order chi connectivity index (χ0) is 17.1. The third kappa shape index (κ3) is 2.81. The minimum Gasteiger partial charge on any atom is -0.495 e. The predicted molar refractivity (Wildman–Crippen MR) is 91.6 cm³/mol. The predicted octanol–water partition coefficient (Wildman–Crippen LogP) is 3.04. The number of nitrogens with zero attached hydrogens (tertiary/aromatic N) is 1. The van der Waals surface area contributed by atoms with Gasteiger partial charge < -0.3 is 14.5 Å². The molecule has 0 aliphatic rings. The fraction of sp³-hybridized carbons (Fsp3) is 0.111. The van der Waals surface area contributed by atoms with Crippen LogP contribution in [-0.4, -0.2) is 17.6 Å². The van der Waals surface area contributed by atoms with E-state index in [9.17, 15) is 9.59 Å². The first-order valence-corrected chi connectivity index (χ1v) is 7.32. The number of hydrogen-bond donors (Lipinski definition) is 1. The molecule has 0 atom stereocenters. The van der Waals surface area contributed by atoms with Crippen LogP contribution in [0.5, 0.6) is 5.75 Å². The van der Waals surface area contributed by atoms with Gasteiger partial charge in [-0.05, 0) is 30.3 Å². The molecule has 3 aromatic rings. The fourth-order valence-electron chi connectivity index (χ4n) is 2.45. The van der Waals surface area contributed by atoms with E-state index in [0.717, 1.165) is 0 Å². The number of hydrogen-bond acceptors (Lipinski definition) is 4. The maximum atomic E-state index is 12.5. The molecule has 3 rings (SSSR count). The zero-order valence-electron chi connectivity index (χ0n) is 13.1. The van der Waals surface area contributed by atoms with Crippen LogP contribution in [0.2, 0.25) is 0 Å². The lowest BCUT2D eigenvalue weighted by Crippen LogP contribution is -2.14. The van der Waals surface area contributed by atoms with Crippen LogP contribution in [0, 0.1) is 0 Å². The molecule has 0 aliphatic carbocycles. The van der Waals surface area contributed by atoms with Gasteiger partial charge in [0.2, 0.25) is 0 Å². The maximum absolute atomic E-state index is 12.5. The van der Waals surface area contributed by atoms with Crippen molar-refractivity contribution in [3.05, 3.63) is 71.2 Å². The van der Waals surface area contributed by atoms with Crippen molar-refractivity contribution >= 4 is 22.7 Å². The summed E-state index contributed by atoms with van der Waals surface area (Å²) in [6.07, 6.45) is 1.60. The number of carbonyl (C=O) groups excluding carboxylic acids is 1. The molecule has 0 saturated heterocycles. The van der Waals surface area contributed by atoms with E-state index >= 15 is 0 Å². The molecule has 0 bridgehead atoms. The summed E-state index contributed by atoms with van der Waals surface area (Å²) in [6, 6.07) is 12.0. The molecule has 0 aliphatic heterocycles. The quantitative estimate of drug-likeness (QED) is 0.732. The Morgan fingerprint density at radius 2 is 2.12 bits per heavy atom. The highest BCUT2D eigenvalue weighted by molar-refractivity contribution is 6.06. The van der Waals surface area contributed by atoms with E-state index in [-0.39, 0.29) is 5.91 Å². The minimum atomic E-state index is -0.479. The number of allylic oxidation sites excluding steroid dienone is 1. The molecule has 1 aromatic heterocycles. The van der Waals surface area contributed by atoms with Crippen molar-refractivity contribution in [1.82, 2.24) is 4.57 Å². The van der Waals surface area contributed by atoms with Gasteiger partial charge in [-0.3, -0.25) is 9.36 Å². The summed E-state index contributed by atoms with van der Waals surface area (Å²) in [5.41, 5.74) is 1.95. The number of anilines is 1. The van der Waals surface area contributed by atoms with E-state index in [2.05, 4.69) is 11.9 Å². The van der Waals surface area contributed by atoms with Crippen molar-refractivity contribution < 1.29 is 13.9 Å². The Hall–Kier alpha value is -3.28. The van der Waals surface area contributed by atoms with Gasteiger partial charge >= 0.3 is 5.76 Å². The Labute approximate surface area is 138 Å². The Kier molecular flexibility index (Phi) is 4.20. The lowest BCUT2D eigenvalue weighted by molar-refractivity contribution is 0.102. The highest BCUT2D eigenvalue weighted by Gasteiger charge is 2.14. The van der Waals surface area contributed by atoms with Crippen LogP contribution in [0.25, 0.3) is 11.1 Å². The molecule has 6 heteroatoms. The van der Waals surface area contributed by atoms with Crippen LogP contribution in [0.3, 0.4) is 0 Å². The minimum absolute atomic E-state index is 0.305. The van der Waals surface area contributed by atoms with Crippen LogP contribution in [0.15, 0.2) is 64.3 Å². The van der Waals surface area contributed by atoms with Gasteiger partial charge in [0.1, 0.15) is 5.75 Å². The normalized spacial score (nSPS) is 10.5. The second-order valence-electron chi connectivity index (χ2n) is 5.10. The molecule has 0 fully saturated rings. The Bertz CT molecular complexity index is 969. The van der Waals surface area contributed by atoms with Crippen LogP contribution >= 0.6 is 0 Å². The van der Waals surface area contributed by atoms with Crippen LogP contribution in [0.4, 0.5) is 5.69 Å². The van der Waals surface area contributed by atoms with Crippen LogP contribution in [0.1, 0.15) is 10.4 Å². The Morgan fingerprint density at radius 1 is 1.33 bits per heavy atom. The number of para-hydroxylation sites is 2. The number of benzene rings is 2. The first-order valence-electron chi connectivity index (χ1n) is 7.32. The molecule has 122 valence electrons. The fourth-order valence-corrected chi connectivity index (χ4v) is 2.45. The van der Waals surface area contributed by atoms with Crippen molar-refractivity contribution in [2.24, 2.45) is 0 Å². The van der Waals surface area contributed by atoms with Gasteiger partial charge in [0, 0.05) is 12.1 Å². The molecule has 1 heterocycles. The molecule has 6 nitrogen and oxygen atoms in total. The highest BCUT2D eigenvalue weighted by Crippen LogP contribution is 2.24. The van der Waals surface area contributed by atoms with Gasteiger partial charge in [0.15, 0.2) is 5.58 Å². The number of fused-ring (bicyclic) bond motifs is 1. The topological polar surface area (TPSA) is 73.5 Å². The Morgan fingerprint density at radius 3 is 2.88 bits per heavy atom. The van der Waals surface area contributed by atoms with Gasteiger partial charge in [0.25, 0.3) is 5.91 Å². The summed E-state index contributed by atoms with van der Waals surface area (Å²) >= 11 is 0. The molecule has 0 unspecified atom stereocenters. The standard InChI is InChI=1S/C18H16N2O4/c1-3-10-20-14-11-12(8-9-16(14)24-18(20)22)17(21)19-13-6-4-5-7-15(13)23-2/h3-9,11H,1,10H2,2H3,(H,19,21). The third-order valence-corrected chi connectivity index (χ3v) is 3.60. The summed E-state index contributed by atoms with van der Waals surface area (Å²) in [5.74, 6) is -0.216. The molecule has 0 saturated carbocycles. The average molecular weight is 324 g/mol. The van der Waals surface area contributed by atoms with Crippen molar-refractivity contribution in [2.75, 3.05) is 12.4 Å². The summed E-state index contributed by atoms with van der Waals surface area (Å²) in [4.78, 5) is 24.3. The lowest BCUT2D eigenvalue weighted by Gasteiger charge is -2.10. The number of aromatic nitrogens is 1. The number of rotatable bonds is 5. The summed E-state index contributed by atoms with van der Waals surface area (Å²) in [7, 11) is 1.54. The van der Waals surface area contributed by atoms with Crippen molar-refractivity contribution in [3.8, 4) is 5.75 Å². The van der Waals surface area contributed by atoms with E-state index < -0.39 is 5.76 Å². The number of ether oxygens (including phenoxy) is 1. The number of amides is 1. The Balaban J connectivity index is 1.96. The third-order valence-electron chi connectivity index (χ3n) is 3.60. The van der Waals surface area contributed by atoms with Crippen molar-refractivity contribution in [3.63, 3.8) is 0 Å². The molecular weight excluding hydrogens is 308 g/mol. The van der Waals surface area contributed by atoms with Gasteiger partial charge in [-0.25, -0.2) is 4.79 Å². The van der Waals surface area contributed by atoms with Gasteiger partial charge in [-0.2, -0.15) is 0 Å². The number of nitrogens with one attached hydrogen (secondary N) is 1. The first-order chi connectivity index (χ1) is 11.6. The van der Waals surface area contributed by atoms with Gasteiger partial charge in [0.05, 0.1) is 18.3 Å². The first kappa shape index (κ1) is 15.6. The van der Waals surface area contributed by atoms with Crippen LogP contribution < -0.4 is 15.8 Å². The van der Waals surface area contributed by atoms with Crippen LogP contribution in [-0.2, 0) is 6.54 Å². The second kappa shape index (κ2) is 6.45. The van der Waals surface area contributed by atoms with Gasteiger partial charge in [-0.15, -0.1) is 6.58 Å². The van der Waals surface area contributed by atoms with E-state index in [4.69, 9.17) is 9.15 Å². The summed E-state index contributed by atoms with van der Waals surface area (Å²) in [6.45, 7) is 3.93. The van der Waals surface area contributed by atoms with Crippen molar-refractivity contribution in [1.29, 1.82) is 0 Å². The largest absolute Gasteiger partial charge is 0.495 e. The summed E-state index contributed by atoms with van der Waals surface area (Å²) in [5, 5.41) is 2.80. The monoisotopic (exact) mass is 324 g/mol. The smallest absolute Gasteiger partial charge is 0.420 e. The van der Waals surface area contributed by atoms with E-state index in [0.29, 0.717) is 34.6 Å². The van der Waals surface area contributed by atoms with E-state index in [1.807, 2.05) is 6.07 Å². The van der Waals surface area contributed by atoms with Crippen molar-refractivity contribution in [2.45, 2.75) is 6.54 Å². The number of methoxy groups -OCH3 is 1.